The smallest absolute Gasteiger partial charge is 0.264 e. The predicted octanol–water partition coefficient (Wildman–Crippen LogP) is 6.93. The van der Waals surface area contributed by atoms with Crippen molar-refractivity contribution in [3.8, 4) is 0 Å². The molecule has 0 spiro atoms. The van der Waals surface area contributed by atoms with Gasteiger partial charge in [-0.2, -0.15) is 0 Å². The Balaban J connectivity index is 1.82. The number of hydrogen-bond acceptors (Lipinski definition) is 4. The molecule has 1 atom stereocenters. The number of nitrogens with zero attached hydrogens (tertiary/aromatic N) is 2. The maximum absolute atomic E-state index is 14.4. The number of hydrogen-bond donors (Lipinski definition) is 1. The lowest BCUT2D eigenvalue weighted by Crippen LogP contribution is -2.53. The van der Waals surface area contributed by atoms with Crippen LogP contribution in [0.3, 0.4) is 0 Å². The second-order valence-corrected chi connectivity index (χ2v) is 13.4. The van der Waals surface area contributed by atoms with Crippen molar-refractivity contribution >= 4 is 62.3 Å². The molecule has 11 heteroatoms. The Bertz CT molecular complexity index is 1700. The number of benzene rings is 4. The van der Waals surface area contributed by atoms with Crippen LogP contribution in [0.15, 0.2) is 102 Å². The first-order chi connectivity index (χ1) is 21.0. The van der Waals surface area contributed by atoms with Crippen LogP contribution in [0, 0.1) is 6.92 Å². The molecule has 0 fully saturated rings. The molecule has 0 bridgehead atoms. The van der Waals surface area contributed by atoms with E-state index >= 15 is 0 Å². The van der Waals surface area contributed by atoms with Gasteiger partial charge in [-0.25, -0.2) is 8.42 Å². The number of nitrogens with one attached hydrogen (secondary N) is 1. The van der Waals surface area contributed by atoms with Crippen LogP contribution >= 0.6 is 34.8 Å². The summed E-state index contributed by atoms with van der Waals surface area (Å²) in [5.41, 5.74) is 2.48. The number of likely N-dealkylation sites (N-methyl/N-ethyl adjacent to an activating group) is 1. The highest BCUT2D eigenvalue weighted by Crippen LogP contribution is 2.30. The number of carbonyl (C=O) groups is 2. The van der Waals surface area contributed by atoms with E-state index in [1.54, 1.807) is 43.3 Å². The zero-order valence-electron chi connectivity index (χ0n) is 24.2. The highest BCUT2D eigenvalue weighted by molar-refractivity contribution is 7.92. The van der Waals surface area contributed by atoms with Crippen molar-refractivity contribution in [1.29, 1.82) is 0 Å². The molecule has 230 valence electrons. The van der Waals surface area contributed by atoms with Gasteiger partial charge in [-0.3, -0.25) is 13.9 Å². The largest absolute Gasteiger partial charge is 0.355 e. The van der Waals surface area contributed by atoms with Gasteiger partial charge in [0.15, 0.2) is 0 Å². The molecule has 0 saturated heterocycles. The van der Waals surface area contributed by atoms with E-state index in [1.165, 1.54) is 35.2 Å². The summed E-state index contributed by atoms with van der Waals surface area (Å²) in [6.07, 6.45) is 0.201. The molecule has 2 amide bonds. The zero-order chi connectivity index (χ0) is 31.9. The standard InChI is InChI=1S/C33H32Cl3N3O4S/c1-3-37-33(41)31(17-24-8-5-4-6-9-24)38(21-25-10-7-11-26(34)16-25)32(40)22-39(29-19-27(35)18-28(36)20-29)44(42,43)30-14-12-23(2)13-15-30/h4-16,18-20,31H,3,17,21-22H2,1-2H3,(H,37,41)/t31-/m1/s1. The number of carbonyl (C=O) groups excluding carboxylic acids is 2. The maximum Gasteiger partial charge on any atom is 0.264 e. The summed E-state index contributed by atoms with van der Waals surface area (Å²) >= 11 is 18.8. The molecular weight excluding hydrogens is 641 g/mol. The summed E-state index contributed by atoms with van der Waals surface area (Å²) in [6.45, 7) is 3.36. The minimum absolute atomic E-state index is 0.00273. The lowest BCUT2D eigenvalue weighted by Gasteiger charge is -2.34. The topological polar surface area (TPSA) is 86.8 Å². The lowest BCUT2D eigenvalue weighted by atomic mass is 10.0. The first-order valence-corrected chi connectivity index (χ1v) is 16.5. The SMILES string of the molecule is CCNC(=O)[C@@H](Cc1ccccc1)N(Cc1cccc(Cl)c1)C(=O)CN(c1cc(Cl)cc(Cl)c1)S(=O)(=O)c1ccc(C)cc1. The molecule has 7 nitrogen and oxygen atoms in total. The minimum Gasteiger partial charge on any atom is -0.355 e. The number of sulfonamides is 1. The molecule has 4 aromatic rings. The van der Waals surface area contributed by atoms with E-state index in [-0.39, 0.29) is 39.5 Å². The first kappa shape index (κ1) is 33.3. The van der Waals surface area contributed by atoms with E-state index in [2.05, 4.69) is 5.32 Å². The molecule has 4 rings (SSSR count). The van der Waals surface area contributed by atoms with Crippen LogP contribution in [0.5, 0.6) is 0 Å². The average molecular weight is 673 g/mol. The highest BCUT2D eigenvalue weighted by atomic mass is 35.5. The van der Waals surface area contributed by atoms with Crippen LogP contribution in [0.4, 0.5) is 5.69 Å². The Hall–Kier alpha value is -3.56. The van der Waals surface area contributed by atoms with Crippen molar-refractivity contribution in [3.63, 3.8) is 0 Å². The third-order valence-corrected chi connectivity index (χ3v) is 9.35. The van der Waals surface area contributed by atoms with E-state index in [0.29, 0.717) is 17.1 Å². The van der Waals surface area contributed by atoms with Crippen LogP contribution in [-0.2, 0) is 32.6 Å². The van der Waals surface area contributed by atoms with Crippen LogP contribution in [0.2, 0.25) is 15.1 Å². The molecule has 4 aromatic carbocycles. The average Bonchev–Trinajstić information content (AvgIpc) is 2.98. The molecular formula is C33H32Cl3N3O4S. The van der Waals surface area contributed by atoms with Gasteiger partial charge in [0.1, 0.15) is 12.6 Å². The fourth-order valence-corrected chi connectivity index (χ4v) is 6.85. The Morgan fingerprint density at radius 1 is 0.795 bits per heavy atom. The van der Waals surface area contributed by atoms with Crippen LogP contribution in [0.25, 0.3) is 0 Å². The van der Waals surface area contributed by atoms with Crippen LogP contribution in [-0.4, -0.2) is 44.3 Å². The number of halogens is 3. The second-order valence-electron chi connectivity index (χ2n) is 10.2. The molecule has 0 aliphatic rings. The van der Waals surface area contributed by atoms with Crippen molar-refractivity contribution in [1.82, 2.24) is 10.2 Å². The molecule has 44 heavy (non-hydrogen) atoms. The molecule has 1 N–H and O–H groups in total. The van der Waals surface area contributed by atoms with Gasteiger partial charge < -0.3 is 10.2 Å². The maximum atomic E-state index is 14.4. The third-order valence-electron chi connectivity index (χ3n) is 6.89. The first-order valence-electron chi connectivity index (χ1n) is 13.9. The molecule has 0 aromatic heterocycles. The fraction of sp³-hybridized carbons (Fsp3) is 0.212. The summed E-state index contributed by atoms with van der Waals surface area (Å²) in [5, 5.41) is 3.69. The number of amides is 2. The lowest BCUT2D eigenvalue weighted by molar-refractivity contribution is -0.140. The number of rotatable bonds is 12. The Kier molecular flexibility index (Phi) is 11.3. The van der Waals surface area contributed by atoms with Crippen molar-refractivity contribution in [2.75, 3.05) is 17.4 Å². The monoisotopic (exact) mass is 671 g/mol. The quantitative estimate of drug-likeness (QED) is 0.177. The molecule has 0 aliphatic carbocycles. The summed E-state index contributed by atoms with van der Waals surface area (Å²) in [4.78, 5) is 29.3. The Labute approximate surface area is 273 Å². The van der Waals surface area contributed by atoms with Gasteiger partial charge in [-0.15, -0.1) is 0 Å². The summed E-state index contributed by atoms with van der Waals surface area (Å²) in [6, 6.07) is 25.9. The highest BCUT2D eigenvalue weighted by Gasteiger charge is 2.34. The summed E-state index contributed by atoms with van der Waals surface area (Å²) in [5.74, 6) is -0.977. The predicted molar refractivity (Wildman–Crippen MR) is 177 cm³/mol. The van der Waals surface area contributed by atoms with E-state index in [9.17, 15) is 18.0 Å². The molecule has 0 saturated carbocycles. The van der Waals surface area contributed by atoms with Crippen LogP contribution in [0.1, 0.15) is 23.6 Å². The number of anilines is 1. The van der Waals surface area contributed by atoms with Gasteiger partial charge >= 0.3 is 0 Å². The van der Waals surface area contributed by atoms with Gasteiger partial charge in [-0.05, 0) is 67.4 Å². The van der Waals surface area contributed by atoms with Gasteiger partial charge in [0.05, 0.1) is 10.6 Å². The van der Waals surface area contributed by atoms with Crippen molar-refractivity contribution in [3.05, 3.63) is 129 Å². The van der Waals surface area contributed by atoms with Gasteiger partial charge in [0.2, 0.25) is 11.8 Å². The Morgan fingerprint density at radius 3 is 2.05 bits per heavy atom. The minimum atomic E-state index is -4.28. The van der Waals surface area contributed by atoms with E-state index in [1.807, 2.05) is 37.3 Å². The zero-order valence-corrected chi connectivity index (χ0v) is 27.3. The van der Waals surface area contributed by atoms with Crippen LogP contribution < -0.4 is 9.62 Å². The van der Waals surface area contributed by atoms with Gasteiger partial charge in [0.25, 0.3) is 10.0 Å². The van der Waals surface area contributed by atoms with Crippen molar-refractivity contribution < 1.29 is 18.0 Å². The molecule has 0 aliphatic heterocycles. The Morgan fingerprint density at radius 2 is 1.43 bits per heavy atom. The van der Waals surface area contributed by atoms with E-state index < -0.39 is 28.5 Å². The molecule has 0 unspecified atom stereocenters. The van der Waals surface area contributed by atoms with Crippen molar-refractivity contribution in [2.24, 2.45) is 0 Å². The number of aryl methyl sites for hydroxylation is 1. The second kappa shape index (κ2) is 14.9. The normalized spacial score (nSPS) is 11.9. The third kappa shape index (κ3) is 8.54. The van der Waals surface area contributed by atoms with Crippen molar-refractivity contribution in [2.45, 2.75) is 37.8 Å². The van der Waals surface area contributed by atoms with Gasteiger partial charge in [-0.1, -0.05) is 95.0 Å². The van der Waals surface area contributed by atoms with Gasteiger partial charge in [0, 0.05) is 34.6 Å². The summed E-state index contributed by atoms with van der Waals surface area (Å²) in [7, 11) is -4.28. The van der Waals surface area contributed by atoms with E-state index in [4.69, 9.17) is 34.8 Å². The van der Waals surface area contributed by atoms with E-state index in [0.717, 1.165) is 15.4 Å². The molecule has 0 heterocycles. The summed E-state index contributed by atoms with van der Waals surface area (Å²) < 4.78 is 29.2. The molecule has 0 radical (unpaired) electrons. The fourth-order valence-electron chi connectivity index (χ4n) is 4.73.